The molecule has 4 aliphatic heterocycles. The SMILES string of the molecule is C.C.C.C.C.C.C.C.CCC(C)C(=O)OC1C2CC3C1OC(=O)C3C2C(=O)OC1(C)CCCC1.CCC(C)C(=O)OC1C2CC3C1OC(=O)C3C2C(=O)OC1(C)CCCCC1.CCC(C)C(=O)OC1C2CC3C1OC(=O)C3C2C(=O)OC1(CC)CC2CCC1C2.CCC(C)C(=O)OC1C2CC3C1OC(=O)C3C2C(=O)OC1(CC)CCCC1. The molecule has 17 fully saturated rings. The maximum atomic E-state index is 13.4. The zero-order valence-corrected chi connectivity index (χ0v) is 66.2. The normalized spacial score (nSPS) is 38.9. The zero-order valence-electron chi connectivity index (χ0n) is 66.2. The summed E-state index contributed by atoms with van der Waals surface area (Å²) in [7, 11) is 0. The average molecular weight is 1650 g/mol. The fourth-order valence-electron chi connectivity index (χ4n) is 23.9. The maximum absolute atomic E-state index is 13.4. The number of rotatable bonds is 22. The van der Waals surface area contributed by atoms with E-state index in [2.05, 4.69) is 13.8 Å². The van der Waals surface area contributed by atoms with Crippen molar-refractivity contribution in [3.63, 3.8) is 0 Å². The molecular weight excluding hydrogens is 1500 g/mol. The van der Waals surface area contributed by atoms with Crippen LogP contribution in [-0.2, 0) is 114 Å². The summed E-state index contributed by atoms with van der Waals surface area (Å²) in [6.07, 6.45) is 20.8. The molecule has 0 amide bonds. The Balaban J connectivity index is 0.000000237. The van der Waals surface area contributed by atoms with Crippen LogP contribution < -0.4 is 0 Å². The summed E-state index contributed by atoms with van der Waals surface area (Å²) in [5, 5.41) is 0. The van der Waals surface area contributed by atoms with Gasteiger partial charge in [-0.05, 0) is 193 Å². The van der Waals surface area contributed by atoms with E-state index in [1.54, 1.807) is 0 Å². The molecule has 13 saturated carbocycles. The molecule has 0 aromatic heterocycles. The molecule has 117 heavy (non-hydrogen) atoms. The van der Waals surface area contributed by atoms with Gasteiger partial charge in [0.05, 0.1) is 71.0 Å². The minimum Gasteiger partial charge on any atom is -0.459 e. The summed E-state index contributed by atoms with van der Waals surface area (Å²) in [5.74, 6) is -7.99. The molecule has 10 bridgehead atoms. The fraction of sp³-hybridized carbons (Fsp3) is 0.871. The number of esters is 12. The third-order valence-corrected chi connectivity index (χ3v) is 30.9. The van der Waals surface area contributed by atoms with Crippen LogP contribution in [-0.4, -0.2) is 143 Å². The number of hydrogen-bond acceptors (Lipinski definition) is 24. The summed E-state index contributed by atoms with van der Waals surface area (Å²) >= 11 is 0. The molecule has 0 aromatic rings. The second-order valence-electron chi connectivity index (χ2n) is 37.0. The average Bonchev–Trinajstić information content (AvgIpc) is 1.56. The highest BCUT2D eigenvalue weighted by Gasteiger charge is 2.75. The second kappa shape index (κ2) is 38.8. The third kappa shape index (κ3) is 17.7. The Labute approximate surface area is 700 Å². The van der Waals surface area contributed by atoms with Crippen molar-refractivity contribution in [3.05, 3.63) is 0 Å². The van der Waals surface area contributed by atoms with Crippen molar-refractivity contribution in [3.8, 4) is 0 Å². The molecule has 17 rings (SSSR count). The third-order valence-electron chi connectivity index (χ3n) is 30.9. The van der Waals surface area contributed by atoms with Gasteiger partial charge >= 0.3 is 71.6 Å². The molecule has 13 aliphatic carbocycles. The first-order valence-corrected chi connectivity index (χ1v) is 42.5. The van der Waals surface area contributed by atoms with Crippen molar-refractivity contribution in [1.82, 2.24) is 0 Å². The van der Waals surface area contributed by atoms with E-state index >= 15 is 0 Å². The first-order chi connectivity index (χ1) is 52.0. The van der Waals surface area contributed by atoms with E-state index in [0.717, 1.165) is 109 Å². The first kappa shape index (κ1) is 99.5. The molecule has 668 valence electrons. The Hall–Kier alpha value is -6.36. The summed E-state index contributed by atoms with van der Waals surface area (Å²) in [6, 6.07) is 0. The van der Waals surface area contributed by atoms with Gasteiger partial charge in [-0.15, -0.1) is 0 Å². The molecule has 17 aliphatic rings. The highest BCUT2D eigenvalue weighted by Crippen LogP contribution is 2.65. The van der Waals surface area contributed by atoms with E-state index < -0.39 is 107 Å². The van der Waals surface area contributed by atoms with Gasteiger partial charge in [0.2, 0.25) is 0 Å². The lowest BCUT2D eigenvalue weighted by Crippen LogP contribution is -2.47. The molecule has 4 saturated heterocycles. The molecule has 0 spiro atoms. The van der Waals surface area contributed by atoms with E-state index in [0.29, 0.717) is 63.2 Å². The standard InChI is InChI=1S/C23H32O6.2C21H30O6.C20H28O6.8CH4/c1-4-11(3)20(24)27-18-15-9-14-16(21(25)28-19(14)18)17(15)22(26)29-23(5-2)10-12-6-7-13(23)8-12;1-4-11(2)18(22)25-16-13-10-12-14(19(23)26-17(12)16)15(13)20(24)27-21(3)8-6-5-7-9-21;1-4-11(3)18(22)25-16-13-10-12-14(19(23)26-17(12)16)15(13)20(24)27-21(5-2)8-6-7-9-21;1-4-10(2)17(21)24-15-12-9-11-13(18(22)25-16(11)15)14(12)19(23)26-20(3)7-5-6-8-20;;;;;;;;/h11-19H,4-10H2,1-3H3;2*11-17H,4-10H2,1-3H3;10-16H,4-9H2,1-3H3;8*1H4. The van der Waals surface area contributed by atoms with Crippen LogP contribution in [0.3, 0.4) is 0 Å². The molecular formula is C93H152O24. The molecule has 24 heteroatoms. The van der Waals surface area contributed by atoms with Crippen LogP contribution in [0.25, 0.3) is 0 Å². The topological polar surface area (TPSA) is 316 Å². The predicted octanol–water partition coefficient (Wildman–Crippen LogP) is 17.0. The van der Waals surface area contributed by atoms with Crippen molar-refractivity contribution in [2.24, 2.45) is 130 Å². The van der Waals surface area contributed by atoms with Gasteiger partial charge in [0.15, 0.2) is 0 Å². The van der Waals surface area contributed by atoms with E-state index in [-0.39, 0.29) is 213 Å². The number of fused-ring (bicyclic) bond motifs is 6. The van der Waals surface area contributed by atoms with Gasteiger partial charge in [0, 0.05) is 47.3 Å². The van der Waals surface area contributed by atoms with E-state index in [9.17, 15) is 57.5 Å². The monoisotopic (exact) mass is 1650 g/mol. The Bertz CT molecular complexity index is 3530. The van der Waals surface area contributed by atoms with Crippen LogP contribution in [0.5, 0.6) is 0 Å². The van der Waals surface area contributed by atoms with Gasteiger partial charge in [-0.1, -0.05) is 135 Å². The summed E-state index contributed by atoms with van der Waals surface area (Å²) < 4.78 is 69.3. The van der Waals surface area contributed by atoms with Gasteiger partial charge in [-0.2, -0.15) is 0 Å². The van der Waals surface area contributed by atoms with E-state index in [1.165, 1.54) is 12.8 Å². The molecule has 0 radical (unpaired) electrons. The van der Waals surface area contributed by atoms with Crippen molar-refractivity contribution >= 4 is 71.6 Å². The van der Waals surface area contributed by atoms with Crippen molar-refractivity contribution in [2.45, 2.75) is 387 Å². The molecule has 0 N–H and O–H groups in total. The predicted molar refractivity (Wildman–Crippen MR) is 438 cm³/mol. The smallest absolute Gasteiger partial charge is 0.310 e. The van der Waals surface area contributed by atoms with Gasteiger partial charge in [-0.3, -0.25) is 57.5 Å². The van der Waals surface area contributed by atoms with Crippen LogP contribution in [0.2, 0.25) is 0 Å². The molecule has 4 heterocycles. The fourth-order valence-corrected chi connectivity index (χ4v) is 23.9. The second-order valence-corrected chi connectivity index (χ2v) is 37.0. The van der Waals surface area contributed by atoms with Crippen molar-refractivity contribution < 1.29 is 114 Å². The Morgan fingerprint density at radius 3 is 0.880 bits per heavy atom. The minimum absolute atomic E-state index is 0. The van der Waals surface area contributed by atoms with Crippen LogP contribution in [0, 0.1) is 130 Å². The zero-order chi connectivity index (χ0) is 77.8. The van der Waals surface area contributed by atoms with Crippen LogP contribution in [0.1, 0.15) is 316 Å². The van der Waals surface area contributed by atoms with Crippen molar-refractivity contribution in [2.75, 3.05) is 0 Å². The van der Waals surface area contributed by atoms with Crippen LogP contribution in [0.4, 0.5) is 0 Å². The van der Waals surface area contributed by atoms with E-state index in [1.807, 2.05) is 69.2 Å². The van der Waals surface area contributed by atoms with Gasteiger partial charge < -0.3 is 56.8 Å². The summed E-state index contributed by atoms with van der Waals surface area (Å²) in [4.78, 5) is 152. The Morgan fingerprint density at radius 1 is 0.350 bits per heavy atom. The molecule has 31 atom stereocenters. The van der Waals surface area contributed by atoms with E-state index in [4.69, 9.17) is 56.8 Å². The Kier molecular flexibility index (Phi) is 33.0. The highest BCUT2D eigenvalue weighted by atomic mass is 16.6. The van der Waals surface area contributed by atoms with Crippen LogP contribution >= 0.6 is 0 Å². The number of hydrogen-bond donors (Lipinski definition) is 0. The molecule has 31 unspecified atom stereocenters. The van der Waals surface area contributed by atoms with Gasteiger partial charge in [-0.25, -0.2) is 0 Å². The lowest BCUT2D eigenvalue weighted by molar-refractivity contribution is -0.181. The highest BCUT2D eigenvalue weighted by molar-refractivity contribution is 5.90. The van der Waals surface area contributed by atoms with Gasteiger partial charge in [0.25, 0.3) is 0 Å². The van der Waals surface area contributed by atoms with Gasteiger partial charge in [0.1, 0.15) is 71.2 Å². The summed E-state index contributed by atoms with van der Waals surface area (Å²) in [5.41, 5.74) is -1.62. The molecule has 0 aromatic carbocycles. The van der Waals surface area contributed by atoms with Crippen LogP contribution in [0.15, 0.2) is 0 Å². The number of carbonyl (C=O) groups is 12. The largest absolute Gasteiger partial charge is 0.459 e. The molecule has 24 nitrogen and oxygen atoms in total. The quantitative estimate of drug-likeness (QED) is 0.0718. The maximum Gasteiger partial charge on any atom is 0.310 e. The first-order valence-electron chi connectivity index (χ1n) is 42.5. The van der Waals surface area contributed by atoms with Crippen molar-refractivity contribution in [1.29, 1.82) is 0 Å². The number of carbonyl (C=O) groups excluding carboxylic acids is 12. The lowest BCUT2D eigenvalue weighted by Gasteiger charge is -2.39. The Morgan fingerprint density at radius 2 is 0.624 bits per heavy atom. The summed E-state index contributed by atoms with van der Waals surface area (Å²) in [6.45, 7) is 23.2. The number of ether oxygens (including phenoxy) is 12. The minimum atomic E-state index is -0.547. The lowest BCUT2D eigenvalue weighted by atomic mass is 9.77.